The minimum atomic E-state index is -0.154. The molecule has 0 radical (unpaired) electrons. The van der Waals surface area contributed by atoms with E-state index in [1.54, 1.807) is 18.7 Å². The number of nitrogens with one attached hydrogen (secondary N) is 1. The van der Waals surface area contributed by atoms with E-state index < -0.39 is 0 Å². The van der Waals surface area contributed by atoms with E-state index in [-0.39, 0.29) is 24.3 Å². The highest BCUT2D eigenvalue weighted by Gasteiger charge is 2.21. The second-order valence-electron chi connectivity index (χ2n) is 6.28. The zero-order chi connectivity index (χ0) is 17.8. The topological polar surface area (TPSA) is 49.4 Å². The van der Waals surface area contributed by atoms with E-state index in [0.717, 1.165) is 22.4 Å². The van der Waals surface area contributed by atoms with Crippen LogP contribution in [0.2, 0.25) is 0 Å². The van der Waals surface area contributed by atoms with E-state index in [1.807, 2.05) is 48.5 Å². The molecular formula is C21H20N2O2. The van der Waals surface area contributed by atoms with Crippen LogP contribution in [-0.4, -0.2) is 18.4 Å². The normalized spacial score (nSPS) is 12.2. The predicted octanol–water partition coefficient (Wildman–Crippen LogP) is 2.71. The van der Waals surface area contributed by atoms with Gasteiger partial charge in [-0.25, -0.2) is 0 Å². The van der Waals surface area contributed by atoms with Crippen LogP contribution in [0, 0.1) is 17.8 Å². The largest absolute Gasteiger partial charge is 0.347 e. The van der Waals surface area contributed by atoms with Crippen LogP contribution >= 0.6 is 0 Å². The van der Waals surface area contributed by atoms with E-state index in [0.29, 0.717) is 6.54 Å². The highest BCUT2D eigenvalue weighted by Crippen LogP contribution is 2.25. The molecule has 1 N–H and O–H groups in total. The average Bonchev–Trinajstić information content (AvgIpc) is 2.61. The maximum Gasteiger partial charge on any atom is 0.246 e. The van der Waals surface area contributed by atoms with Crippen molar-refractivity contribution < 1.29 is 9.59 Å². The number of hydrogen-bond acceptors (Lipinski definition) is 2. The number of nitrogens with zero attached hydrogens (tertiary/aromatic N) is 1. The Balaban J connectivity index is 1.94. The Bertz CT molecular complexity index is 875. The number of para-hydroxylation sites is 1. The van der Waals surface area contributed by atoms with E-state index in [4.69, 9.17) is 0 Å². The molecular weight excluding hydrogens is 312 g/mol. The lowest BCUT2D eigenvalue weighted by Gasteiger charge is -2.26. The van der Waals surface area contributed by atoms with Gasteiger partial charge in [-0.1, -0.05) is 56.0 Å². The Morgan fingerprint density at radius 2 is 1.68 bits per heavy atom. The quantitative estimate of drug-likeness (QED) is 0.879. The van der Waals surface area contributed by atoms with Crippen LogP contribution in [-0.2, 0) is 16.1 Å². The first kappa shape index (κ1) is 16.8. The third-order valence-corrected chi connectivity index (χ3v) is 4.11. The van der Waals surface area contributed by atoms with Crippen LogP contribution in [0.25, 0.3) is 0 Å². The number of fused-ring (bicyclic) bond motifs is 2. The summed E-state index contributed by atoms with van der Waals surface area (Å²) in [6, 6.07) is 15.4. The SMILES string of the molecule is CC(C)C(=O)NCC(=O)N1Cc2ccccc2C#Cc2ccccc21. The summed E-state index contributed by atoms with van der Waals surface area (Å²) in [4.78, 5) is 26.3. The summed E-state index contributed by atoms with van der Waals surface area (Å²) in [6.45, 7) is 4.01. The van der Waals surface area contributed by atoms with E-state index in [2.05, 4.69) is 17.2 Å². The third-order valence-electron chi connectivity index (χ3n) is 4.11. The molecule has 2 amide bonds. The van der Waals surface area contributed by atoms with Gasteiger partial charge in [0.1, 0.15) is 0 Å². The maximum absolute atomic E-state index is 12.8. The van der Waals surface area contributed by atoms with Crippen LogP contribution in [0.15, 0.2) is 48.5 Å². The fraction of sp³-hybridized carbons (Fsp3) is 0.238. The zero-order valence-electron chi connectivity index (χ0n) is 14.4. The monoisotopic (exact) mass is 332 g/mol. The van der Waals surface area contributed by atoms with Crippen molar-refractivity contribution in [2.45, 2.75) is 20.4 Å². The number of benzene rings is 2. The molecule has 1 aliphatic heterocycles. The highest BCUT2D eigenvalue weighted by molar-refractivity contribution is 5.98. The molecule has 0 unspecified atom stereocenters. The van der Waals surface area contributed by atoms with Crippen LogP contribution in [0.4, 0.5) is 5.69 Å². The Morgan fingerprint density at radius 1 is 1.04 bits per heavy atom. The Kier molecular flexibility index (Phi) is 4.85. The Hall–Kier alpha value is -3.06. The van der Waals surface area contributed by atoms with Crippen LogP contribution in [0.5, 0.6) is 0 Å². The van der Waals surface area contributed by atoms with Crippen LogP contribution in [0.1, 0.15) is 30.5 Å². The molecule has 4 nitrogen and oxygen atoms in total. The summed E-state index contributed by atoms with van der Waals surface area (Å²) < 4.78 is 0. The molecule has 0 atom stereocenters. The average molecular weight is 332 g/mol. The molecule has 4 heteroatoms. The molecule has 25 heavy (non-hydrogen) atoms. The van der Waals surface area contributed by atoms with Gasteiger partial charge in [-0.2, -0.15) is 0 Å². The molecule has 3 rings (SSSR count). The molecule has 0 fully saturated rings. The standard InChI is InChI=1S/C21H20N2O2/c1-15(2)21(25)22-13-20(24)23-14-18-9-4-3-7-16(18)11-12-17-8-5-6-10-19(17)23/h3-10,15H,13-14H2,1-2H3,(H,22,25). The van der Waals surface area contributed by atoms with Crippen molar-refractivity contribution >= 4 is 17.5 Å². The Labute approximate surface area is 147 Å². The molecule has 0 aromatic heterocycles. The molecule has 0 saturated heterocycles. The van der Waals surface area contributed by atoms with E-state index >= 15 is 0 Å². The fourth-order valence-corrected chi connectivity index (χ4v) is 2.67. The summed E-state index contributed by atoms with van der Waals surface area (Å²) in [6.07, 6.45) is 0. The lowest BCUT2D eigenvalue weighted by Crippen LogP contribution is -2.41. The summed E-state index contributed by atoms with van der Waals surface area (Å²) in [5.74, 6) is 5.91. The van der Waals surface area contributed by atoms with Gasteiger partial charge in [0.2, 0.25) is 11.8 Å². The van der Waals surface area contributed by atoms with Gasteiger partial charge < -0.3 is 10.2 Å². The number of amides is 2. The van der Waals surface area contributed by atoms with Gasteiger partial charge in [-0.3, -0.25) is 9.59 Å². The van der Waals surface area contributed by atoms with Crippen molar-refractivity contribution in [2.24, 2.45) is 5.92 Å². The zero-order valence-corrected chi connectivity index (χ0v) is 14.4. The minimum Gasteiger partial charge on any atom is -0.347 e. The predicted molar refractivity (Wildman–Crippen MR) is 97.9 cm³/mol. The number of hydrogen-bond donors (Lipinski definition) is 1. The second-order valence-corrected chi connectivity index (χ2v) is 6.28. The molecule has 1 heterocycles. The van der Waals surface area contributed by atoms with Crippen molar-refractivity contribution in [2.75, 3.05) is 11.4 Å². The van der Waals surface area contributed by atoms with Crippen molar-refractivity contribution in [1.29, 1.82) is 0 Å². The Morgan fingerprint density at radius 3 is 2.44 bits per heavy atom. The number of anilines is 1. The second kappa shape index (κ2) is 7.23. The third kappa shape index (κ3) is 3.72. The molecule has 0 spiro atoms. The van der Waals surface area contributed by atoms with Crippen molar-refractivity contribution in [1.82, 2.24) is 5.32 Å². The van der Waals surface area contributed by atoms with Gasteiger partial charge in [0.15, 0.2) is 0 Å². The summed E-state index contributed by atoms with van der Waals surface area (Å²) in [5.41, 5.74) is 3.49. The van der Waals surface area contributed by atoms with E-state index in [1.165, 1.54) is 0 Å². The lowest BCUT2D eigenvalue weighted by molar-refractivity contribution is -0.127. The highest BCUT2D eigenvalue weighted by atomic mass is 16.2. The van der Waals surface area contributed by atoms with Gasteiger partial charge in [0.25, 0.3) is 0 Å². The summed E-state index contributed by atoms with van der Waals surface area (Å²) >= 11 is 0. The maximum atomic E-state index is 12.8. The van der Waals surface area contributed by atoms with Gasteiger partial charge in [-0.15, -0.1) is 0 Å². The number of carbonyl (C=O) groups is 2. The first-order chi connectivity index (χ1) is 12.1. The smallest absolute Gasteiger partial charge is 0.246 e. The molecule has 2 aromatic rings. The number of rotatable bonds is 3. The van der Waals surface area contributed by atoms with Gasteiger partial charge >= 0.3 is 0 Å². The van der Waals surface area contributed by atoms with Gasteiger partial charge in [0, 0.05) is 17.0 Å². The minimum absolute atomic E-state index is 0.0268. The van der Waals surface area contributed by atoms with Crippen molar-refractivity contribution in [3.8, 4) is 11.8 Å². The first-order valence-corrected chi connectivity index (χ1v) is 8.33. The molecule has 0 bridgehead atoms. The fourth-order valence-electron chi connectivity index (χ4n) is 2.67. The van der Waals surface area contributed by atoms with Crippen molar-refractivity contribution in [3.63, 3.8) is 0 Å². The first-order valence-electron chi connectivity index (χ1n) is 8.33. The molecule has 1 aliphatic rings. The van der Waals surface area contributed by atoms with Crippen LogP contribution in [0.3, 0.4) is 0 Å². The molecule has 126 valence electrons. The number of carbonyl (C=O) groups excluding carboxylic acids is 2. The van der Waals surface area contributed by atoms with Gasteiger partial charge in [0.05, 0.1) is 18.8 Å². The molecule has 0 saturated carbocycles. The summed E-state index contributed by atoms with van der Waals surface area (Å²) in [5, 5.41) is 2.70. The molecule has 0 aliphatic carbocycles. The van der Waals surface area contributed by atoms with Gasteiger partial charge in [-0.05, 0) is 23.8 Å². The molecule has 2 aromatic carbocycles. The van der Waals surface area contributed by atoms with Crippen LogP contribution < -0.4 is 10.2 Å². The van der Waals surface area contributed by atoms with E-state index in [9.17, 15) is 9.59 Å². The van der Waals surface area contributed by atoms with Crippen molar-refractivity contribution in [3.05, 3.63) is 65.2 Å². The summed E-state index contributed by atoms with van der Waals surface area (Å²) in [7, 11) is 0. The lowest BCUT2D eigenvalue weighted by atomic mass is 10.0.